The summed E-state index contributed by atoms with van der Waals surface area (Å²) in [5.74, 6) is -0.314. The Morgan fingerprint density at radius 2 is 2.08 bits per heavy atom. The number of benzene rings is 1. The maximum absolute atomic E-state index is 14.0. The molecule has 2 heterocycles. The molecule has 1 aromatic carbocycles. The lowest BCUT2D eigenvalue weighted by molar-refractivity contribution is 0.170. The first kappa shape index (κ1) is 17.3. The Morgan fingerprint density at radius 1 is 1.29 bits per heavy atom. The Bertz CT molecular complexity index is 670. The van der Waals surface area contributed by atoms with Crippen LogP contribution in [0.3, 0.4) is 0 Å². The third kappa shape index (κ3) is 4.12. The van der Waals surface area contributed by atoms with Gasteiger partial charge in [-0.15, -0.1) is 5.10 Å². The highest BCUT2D eigenvalue weighted by molar-refractivity contribution is 6.30. The van der Waals surface area contributed by atoms with Crippen molar-refractivity contribution >= 4 is 11.6 Å². The molecule has 0 saturated carbocycles. The highest BCUT2D eigenvalue weighted by Crippen LogP contribution is 2.25. The molecule has 24 heavy (non-hydrogen) atoms. The minimum atomic E-state index is -0.314. The van der Waals surface area contributed by atoms with Gasteiger partial charge in [0.2, 0.25) is 0 Å². The number of rotatable bonds is 6. The number of likely N-dealkylation sites (tertiary alicyclic amines) is 1. The van der Waals surface area contributed by atoms with Crippen molar-refractivity contribution in [3.05, 3.63) is 46.5 Å². The molecule has 130 valence electrons. The van der Waals surface area contributed by atoms with Crippen LogP contribution in [-0.2, 0) is 13.0 Å². The van der Waals surface area contributed by atoms with Crippen LogP contribution in [0.5, 0.6) is 0 Å². The summed E-state index contributed by atoms with van der Waals surface area (Å²) in [5.41, 5.74) is 1.57. The van der Waals surface area contributed by atoms with E-state index >= 15 is 0 Å². The monoisotopic (exact) mass is 352 g/mol. The summed E-state index contributed by atoms with van der Waals surface area (Å²) in [4.78, 5) is 2.24. The number of aromatic nitrogens is 3. The Hall–Kier alpha value is -1.50. The first-order valence-electron chi connectivity index (χ1n) is 8.34. The summed E-state index contributed by atoms with van der Waals surface area (Å²) in [5, 5.41) is 17.4. The molecule has 1 aliphatic rings. The molecule has 3 rings (SSSR count). The van der Waals surface area contributed by atoms with Crippen molar-refractivity contribution in [2.45, 2.75) is 38.3 Å². The predicted octanol–water partition coefficient (Wildman–Crippen LogP) is 2.83. The van der Waals surface area contributed by atoms with Crippen molar-refractivity contribution < 1.29 is 9.50 Å². The summed E-state index contributed by atoms with van der Waals surface area (Å²) >= 11 is 5.85. The van der Waals surface area contributed by atoms with Gasteiger partial charge in [0.15, 0.2) is 0 Å². The van der Waals surface area contributed by atoms with E-state index in [1.54, 1.807) is 18.2 Å². The number of aliphatic hydroxyl groups is 1. The summed E-state index contributed by atoms with van der Waals surface area (Å²) in [6.07, 6.45) is 5.37. The van der Waals surface area contributed by atoms with Gasteiger partial charge >= 0.3 is 0 Å². The molecule has 2 aromatic rings. The van der Waals surface area contributed by atoms with Crippen LogP contribution < -0.4 is 0 Å². The molecule has 0 radical (unpaired) electrons. The van der Waals surface area contributed by atoms with Gasteiger partial charge in [-0.05, 0) is 31.7 Å². The molecule has 0 unspecified atom stereocenters. The fourth-order valence-electron chi connectivity index (χ4n) is 3.12. The normalized spacial score (nSPS) is 16.6. The zero-order valence-corrected chi connectivity index (χ0v) is 14.3. The van der Waals surface area contributed by atoms with Crippen LogP contribution in [0.25, 0.3) is 0 Å². The van der Waals surface area contributed by atoms with Gasteiger partial charge in [-0.3, -0.25) is 4.90 Å². The Balaban J connectivity index is 1.54. The van der Waals surface area contributed by atoms with Gasteiger partial charge in [0.1, 0.15) is 5.82 Å². The number of aliphatic hydroxyl groups excluding tert-OH is 1. The number of nitrogens with zero attached hydrogens (tertiary/aromatic N) is 4. The maximum Gasteiger partial charge on any atom is 0.146 e. The first-order valence-corrected chi connectivity index (χ1v) is 8.72. The average Bonchev–Trinajstić information content (AvgIpc) is 3.07. The average molecular weight is 353 g/mol. The highest BCUT2D eigenvalue weighted by atomic mass is 35.5. The van der Waals surface area contributed by atoms with Gasteiger partial charge in [0.05, 0.1) is 16.8 Å². The molecule has 7 heteroatoms. The molecule has 1 fully saturated rings. The third-order valence-electron chi connectivity index (χ3n) is 4.51. The minimum absolute atomic E-state index is 0.172. The largest absolute Gasteiger partial charge is 0.396 e. The van der Waals surface area contributed by atoms with E-state index in [1.165, 1.54) is 0 Å². The van der Waals surface area contributed by atoms with E-state index in [4.69, 9.17) is 16.7 Å². The lowest BCUT2D eigenvalue weighted by Crippen LogP contribution is -2.34. The van der Waals surface area contributed by atoms with Crippen LogP contribution >= 0.6 is 11.6 Å². The zero-order chi connectivity index (χ0) is 16.9. The van der Waals surface area contributed by atoms with E-state index in [0.29, 0.717) is 24.6 Å². The van der Waals surface area contributed by atoms with Crippen molar-refractivity contribution in [2.75, 3.05) is 19.7 Å². The van der Waals surface area contributed by atoms with Gasteiger partial charge in [-0.1, -0.05) is 28.9 Å². The molecule has 1 aliphatic heterocycles. The van der Waals surface area contributed by atoms with Crippen LogP contribution in [0.2, 0.25) is 5.02 Å². The van der Waals surface area contributed by atoms with E-state index in [9.17, 15) is 4.39 Å². The number of piperidine rings is 1. The Kier molecular flexibility index (Phi) is 5.81. The molecule has 0 amide bonds. The SMILES string of the molecule is OCCCc1cn(C2CCN(Cc3cccc(Cl)c3F)CC2)nn1. The topological polar surface area (TPSA) is 54.2 Å². The van der Waals surface area contributed by atoms with Crippen LogP contribution in [0, 0.1) is 5.82 Å². The molecule has 1 saturated heterocycles. The Morgan fingerprint density at radius 3 is 2.83 bits per heavy atom. The number of hydrogen-bond acceptors (Lipinski definition) is 4. The van der Waals surface area contributed by atoms with Crippen LogP contribution in [0.4, 0.5) is 4.39 Å². The van der Waals surface area contributed by atoms with E-state index < -0.39 is 0 Å². The van der Waals surface area contributed by atoms with Crippen molar-refractivity contribution in [2.24, 2.45) is 0 Å². The lowest BCUT2D eigenvalue weighted by atomic mass is 10.0. The standard InChI is InChI=1S/C17H22ClFN4O/c18-16-5-1-3-13(17(16)19)11-22-8-6-15(7-9-22)23-12-14(20-21-23)4-2-10-24/h1,3,5,12,15,24H,2,4,6-11H2. The fraction of sp³-hybridized carbons (Fsp3) is 0.529. The van der Waals surface area contributed by atoms with Crippen molar-refractivity contribution in [3.63, 3.8) is 0 Å². The Labute approximate surface area is 146 Å². The lowest BCUT2D eigenvalue weighted by Gasteiger charge is -2.31. The number of hydrogen-bond donors (Lipinski definition) is 1. The molecule has 1 aromatic heterocycles. The van der Waals surface area contributed by atoms with Crippen LogP contribution in [0.15, 0.2) is 24.4 Å². The molecule has 0 bridgehead atoms. The quantitative estimate of drug-likeness (QED) is 0.868. The second-order valence-electron chi connectivity index (χ2n) is 6.24. The van der Waals surface area contributed by atoms with Gasteiger partial charge in [0.25, 0.3) is 0 Å². The van der Waals surface area contributed by atoms with Gasteiger partial charge < -0.3 is 5.11 Å². The molecule has 0 spiro atoms. The minimum Gasteiger partial charge on any atom is -0.396 e. The summed E-state index contributed by atoms with van der Waals surface area (Å²) in [7, 11) is 0. The number of aryl methyl sites for hydroxylation is 1. The van der Waals surface area contributed by atoms with Gasteiger partial charge in [-0.25, -0.2) is 9.07 Å². The van der Waals surface area contributed by atoms with Gasteiger partial charge in [-0.2, -0.15) is 0 Å². The smallest absolute Gasteiger partial charge is 0.146 e. The van der Waals surface area contributed by atoms with Crippen molar-refractivity contribution in [3.8, 4) is 0 Å². The summed E-state index contributed by atoms with van der Waals surface area (Å²) in [6.45, 7) is 2.54. The molecule has 1 N–H and O–H groups in total. The van der Waals surface area contributed by atoms with Gasteiger partial charge in [0, 0.05) is 38.0 Å². The summed E-state index contributed by atoms with van der Waals surface area (Å²) in [6, 6.07) is 5.49. The third-order valence-corrected chi connectivity index (χ3v) is 4.80. The van der Waals surface area contributed by atoms with Crippen LogP contribution in [0.1, 0.15) is 36.6 Å². The molecule has 5 nitrogen and oxygen atoms in total. The maximum atomic E-state index is 14.0. The molecular weight excluding hydrogens is 331 g/mol. The molecular formula is C17H22ClFN4O. The second kappa shape index (κ2) is 8.05. The van der Waals surface area contributed by atoms with Crippen molar-refractivity contribution in [1.82, 2.24) is 19.9 Å². The second-order valence-corrected chi connectivity index (χ2v) is 6.64. The van der Waals surface area contributed by atoms with E-state index in [-0.39, 0.29) is 17.4 Å². The summed E-state index contributed by atoms with van der Waals surface area (Å²) < 4.78 is 15.9. The van der Waals surface area contributed by atoms with E-state index in [2.05, 4.69) is 15.2 Å². The first-order chi connectivity index (χ1) is 11.7. The van der Waals surface area contributed by atoms with Crippen molar-refractivity contribution in [1.29, 1.82) is 0 Å². The van der Waals surface area contributed by atoms with E-state index in [0.717, 1.165) is 38.0 Å². The zero-order valence-electron chi connectivity index (χ0n) is 13.5. The van der Waals surface area contributed by atoms with Crippen LogP contribution in [-0.4, -0.2) is 44.7 Å². The fourth-order valence-corrected chi connectivity index (χ4v) is 3.31. The predicted molar refractivity (Wildman–Crippen MR) is 90.4 cm³/mol. The van der Waals surface area contributed by atoms with E-state index in [1.807, 2.05) is 10.9 Å². The molecule has 0 atom stereocenters. The molecule has 0 aliphatic carbocycles. The highest BCUT2D eigenvalue weighted by Gasteiger charge is 2.22. The number of halogens is 2.